The summed E-state index contributed by atoms with van der Waals surface area (Å²) in [6, 6.07) is -0.0456. The van der Waals surface area contributed by atoms with E-state index in [0.717, 1.165) is 19.3 Å². The molecule has 0 radical (unpaired) electrons. The zero-order valence-corrected chi connectivity index (χ0v) is 8.70. The molecule has 3 atom stereocenters. The van der Waals surface area contributed by atoms with E-state index in [9.17, 15) is 13.5 Å². The van der Waals surface area contributed by atoms with Crippen LogP contribution < -0.4 is 5.32 Å². The summed E-state index contributed by atoms with van der Waals surface area (Å²) in [5, 5.41) is 14.0. The highest BCUT2D eigenvalue weighted by Gasteiger charge is 2.29. The Morgan fingerprint density at radius 1 is 1.36 bits per heavy atom. The van der Waals surface area contributed by atoms with Crippen molar-refractivity contribution < 1.29 is 13.5 Å². The Kier molecular flexibility index (Phi) is 2.64. The van der Waals surface area contributed by atoms with Crippen LogP contribution in [0.1, 0.15) is 19.3 Å². The fourth-order valence-corrected chi connectivity index (χ4v) is 3.34. The molecule has 1 heterocycles. The van der Waals surface area contributed by atoms with Crippen molar-refractivity contribution in [3.05, 3.63) is 11.5 Å². The Balaban J connectivity index is 1.91. The molecule has 0 saturated heterocycles. The van der Waals surface area contributed by atoms with Crippen LogP contribution in [0, 0.1) is 0 Å². The van der Waals surface area contributed by atoms with Crippen molar-refractivity contribution in [3.63, 3.8) is 0 Å². The number of aliphatic hydroxyl groups is 1. The third kappa shape index (κ3) is 2.16. The van der Waals surface area contributed by atoms with Gasteiger partial charge >= 0.3 is 0 Å². The Bertz CT molecular complexity index is 336. The molecule has 0 aromatic heterocycles. The molecule has 3 unspecified atom stereocenters. The van der Waals surface area contributed by atoms with Gasteiger partial charge in [0.25, 0.3) is 0 Å². The summed E-state index contributed by atoms with van der Waals surface area (Å²) in [6.45, 7) is 0. The summed E-state index contributed by atoms with van der Waals surface area (Å²) in [4.78, 5) is 0. The van der Waals surface area contributed by atoms with E-state index in [0.29, 0.717) is 0 Å². The van der Waals surface area contributed by atoms with Crippen molar-refractivity contribution in [3.8, 4) is 0 Å². The van der Waals surface area contributed by atoms with Gasteiger partial charge in [0.2, 0.25) is 0 Å². The van der Waals surface area contributed by atoms with Crippen LogP contribution in [0.3, 0.4) is 0 Å². The second-order valence-corrected chi connectivity index (χ2v) is 5.97. The summed E-state index contributed by atoms with van der Waals surface area (Å²) < 4.78 is 22.2. The average Bonchev–Trinajstić information content (AvgIpc) is 2.61. The van der Waals surface area contributed by atoms with Gasteiger partial charge in [0.15, 0.2) is 9.84 Å². The molecular weight excluding hydrogens is 202 g/mol. The molecule has 0 bridgehead atoms. The van der Waals surface area contributed by atoms with Crippen molar-refractivity contribution in [1.29, 1.82) is 0 Å². The van der Waals surface area contributed by atoms with Crippen LogP contribution in [-0.4, -0.2) is 37.5 Å². The van der Waals surface area contributed by atoms with Gasteiger partial charge in [-0.05, 0) is 19.3 Å². The van der Waals surface area contributed by atoms with Crippen molar-refractivity contribution in [2.24, 2.45) is 0 Å². The number of rotatable bonds is 2. The smallest absolute Gasteiger partial charge is 0.173 e. The van der Waals surface area contributed by atoms with E-state index < -0.39 is 9.84 Å². The van der Waals surface area contributed by atoms with Crippen LogP contribution in [0.25, 0.3) is 0 Å². The van der Waals surface area contributed by atoms with Gasteiger partial charge in [-0.3, -0.25) is 0 Å². The molecule has 0 spiro atoms. The zero-order valence-electron chi connectivity index (χ0n) is 7.89. The zero-order chi connectivity index (χ0) is 10.2. The first-order valence-electron chi connectivity index (χ1n) is 4.92. The van der Waals surface area contributed by atoms with Gasteiger partial charge in [-0.15, -0.1) is 0 Å². The second-order valence-electron chi connectivity index (χ2n) is 4.04. The summed E-state index contributed by atoms with van der Waals surface area (Å²) in [6.07, 6.45) is 4.13. The average molecular weight is 217 g/mol. The summed E-state index contributed by atoms with van der Waals surface area (Å²) in [7, 11) is -2.98. The quantitative estimate of drug-likeness (QED) is 0.672. The molecule has 2 N–H and O–H groups in total. The number of hydrogen-bond donors (Lipinski definition) is 2. The first-order valence-corrected chi connectivity index (χ1v) is 6.63. The van der Waals surface area contributed by atoms with Crippen LogP contribution in [0.5, 0.6) is 0 Å². The monoisotopic (exact) mass is 217 g/mol. The number of hydrogen-bond acceptors (Lipinski definition) is 4. The van der Waals surface area contributed by atoms with Crippen LogP contribution in [-0.2, 0) is 9.84 Å². The standard InChI is InChI=1S/C9H15NO3S/c11-9-3-1-2-8(9)10-7-4-5-14(12,13)6-7/h4-5,7-11H,1-3,6H2. The van der Waals surface area contributed by atoms with Crippen LogP contribution in [0.15, 0.2) is 11.5 Å². The predicted molar refractivity (Wildman–Crippen MR) is 53.5 cm³/mol. The molecule has 2 aliphatic rings. The van der Waals surface area contributed by atoms with Gasteiger partial charge in [0.1, 0.15) is 0 Å². The van der Waals surface area contributed by atoms with E-state index in [1.165, 1.54) is 5.41 Å². The predicted octanol–water partition coefficient (Wildman–Crippen LogP) is -0.200. The Labute approximate surface area is 83.9 Å². The highest BCUT2D eigenvalue weighted by atomic mass is 32.2. The first-order chi connectivity index (χ1) is 6.57. The van der Waals surface area contributed by atoms with E-state index >= 15 is 0 Å². The topological polar surface area (TPSA) is 66.4 Å². The van der Waals surface area contributed by atoms with E-state index in [4.69, 9.17) is 0 Å². The third-order valence-corrected chi connectivity index (χ3v) is 4.23. The van der Waals surface area contributed by atoms with Gasteiger partial charge < -0.3 is 10.4 Å². The Morgan fingerprint density at radius 2 is 2.14 bits per heavy atom. The maximum atomic E-state index is 11.1. The van der Waals surface area contributed by atoms with E-state index in [2.05, 4.69) is 5.32 Å². The first kappa shape index (κ1) is 10.1. The molecule has 0 aromatic rings. The summed E-state index contributed by atoms with van der Waals surface area (Å²) in [5.74, 6) is 0.135. The molecule has 80 valence electrons. The Morgan fingerprint density at radius 3 is 2.64 bits per heavy atom. The number of sulfone groups is 1. The summed E-state index contributed by atoms with van der Waals surface area (Å²) in [5.41, 5.74) is 0. The molecule has 2 rings (SSSR count). The fourth-order valence-electron chi connectivity index (χ4n) is 2.09. The molecule has 1 aliphatic carbocycles. The maximum Gasteiger partial charge on any atom is 0.173 e. The lowest BCUT2D eigenvalue weighted by atomic mass is 10.2. The molecule has 14 heavy (non-hydrogen) atoms. The molecule has 1 fully saturated rings. The minimum Gasteiger partial charge on any atom is -0.392 e. The molecule has 0 aromatic carbocycles. The van der Waals surface area contributed by atoms with Crippen molar-refractivity contribution in [1.82, 2.24) is 5.32 Å². The van der Waals surface area contributed by atoms with Gasteiger partial charge in [0, 0.05) is 17.5 Å². The van der Waals surface area contributed by atoms with Crippen LogP contribution in [0.2, 0.25) is 0 Å². The summed E-state index contributed by atoms with van der Waals surface area (Å²) >= 11 is 0. The Hall–Kier alpha value is -0.390. The van der Waals surface area contributed by atoms with E-state index in [1.807, 2.05) is 0 Å². The van der Waals surface area contributed by atoms with Gasteiger partial charge in [-0.1, -0.05) is 6.08 Å². The maximum absolute atomic E-state index is 11.1. The van der Waals surface area contributed by atoms with Crippen molar-refractivity contribution >= 4 is 9.84 Å². The molecule has 4 nitrogen and oxygen atoms in total. The molecule has 0 amide bonds. The lowest BCUT2D eigenvalue weighted by molar-refractivity contribution is 0.147. The van der Waals surface area contributed by atoms with E-state index in [1.54, 1.807) is 6.08 Å². The van der Waals surface area contributed by atoms with Crippen LogP contribution >= 0.6 is 0 Å². The highest BCUT2D eigenvalue weighted by Crippen LogP contribution is 2.20. The normalized spacial score (nSPS) is 40.5. The van der Waals surface area contributed by atoms with E-state index in [-0.39, 0.29) is 23.9 Å². The van der Waals surface area contributed by atoms with Crippen molar-refractivity contribution in [2.45, 2.75) is 37.5 Å². The lowest BCUT2D eigenvalue weighted by Crippen LogP contribution is -2.43. The number of aliphatic hydroxyl groups excluding tert-OH is 1. The largest absolute Gasteiger partial charge is 0.392 e. The molecule has 1 saturated carbocycles. The highest BCUT2D eigenvalue weighted by molar-refractivity contribution is 7.94. The molecule has 1 aliphatic heterocycles. The molecule has 5 heteroatoms. The molecular formula is C9H15NO3S. The fraction of sp³-hybridized carbons (Fsp3) is 0.778. The second kappa shape index (κ2) is 3.64. The number of nitrogens with one attached hydrogen (secondary N) is 1. The van der Waals surface area contributed by atoms with Gasteiger partial charge in [-0.2, -0.15) is 0 Å². The van der Waals surface area contributed by atoms with Crippen LogP contribution in [0.4, 0.5) is 0 Å². The van der Waals surface area contributed by atoms with Gasteiger partial charge in [0.05, 0.1) is 11.9 Å². The lowest BCUT2D eigenvalue weighted by Gasteiger charge is -2.19. The third-order valence-electron chi connectivity index (χ3n) is 2.84. The minimum absolute atomic E-state index is 0.0675. The minimum atomic E-state index is -2.98. The van der Waals surface area contributed by atoms with Crippen molar-refractivity contribution in [2.75, 3.05) is 5.75 Å². The SMILES string of the molecule is O=S1(=O)C=CC(NC2CCCC2O)C1. The van der Waals surface area contributed by atoms with Gasteiger partial charge in [-0.25, -0.2) is 8.42 Å².